The number of unbranched alkanes of at least 4 members (excludes halogenated alkanes) is 18. The molecule has 1 aromatic carbocycles. The lowest BCUT2D eigenvalue weighted by Gasteiger charge is -2.38. The normalized spacial score (nSPS) is 13.1. The topological polar surface area (TPSA) is 77.8 Å². The highest BCUT2D eigenvalue weighted by atomic mass is 31.2. The Morgan fingerprint density at radius 3 is 1.05 bits per heavy atom. The minimum Gasteiger partial charge on any atom is -0.507 e. The molecular weight excluding hydrogens is 563 g/mol. The summed E-state index contributed by atoms with van der Waals surface area (Å²) >= 11 is 0. The van der Waals surface area contributed by atoms with E-state index >= 15 is 0 Å². The van der Waals surface area contributed by atoms with Crippen molar-refractivity contribution in [2.75, 3.05) is 0 Å². The van der Waals surface area contributed by atoms with Crippen LogP contribution in [0.15, 0.2) is 12.1 Å². The highest BCUT2D eigenvalue weighted by Gasteiger charge is 2.48. The van der Waals surface area contributed by atoms with E-state index in [0.29, 0.717) is 12.8 Å². The molecule has 5 heteroatoms. The predicted octanol–water partition coefficient (Wildman–Crippen LogP) is 13.0. The zero-order chi connectivity index (χ0) is 33.3. The van der Waals surface area contributed by atoms with Crippen molar-refractivity contribution in [3.05, 3.63) is 28.8 Å². The summed E-state index contributed by atoms with van der Waals surface area (Å²) in [6, 6.07) is 3.88. The third-order valence-electron chi connectivity index (χ3n) is 9.71. The molecule has 0 radical (unpaired) electrons. The summed E-state index contributed by atoms with van der Waals surface area (Å²) in [5.74, 6) is 0.270. The second kappa shape index (κ2) is 20.4. The van der Waals surface area contributed by atoms with Crippen molar-refractivity contribution in [1.29, 1.82) is 0 Å². The van der Waals surface area contributed by atoms with Gasteiger partial charge < -0.3 is 14.9 Å². The van der Waals surface area contributed by atoms with Gasteiger partial charge in [0, 0.05) is 0 Å². The van der Waals surface area contributed by atoms with Gasteiger partial charge in [0.15, 0.2) is 0 Å². The van der Waals surface area contributed by atoms with E-state index in [9.17, 15) is 19.5 Å². The molecule has 44 heavy (non-hydrogen) atoms. The van der Waals surface area contributed by atoms with Gasteiger partial charge in [0.2, 0.25) is 0 Å². The van der Waals surface area contributed by atoms with Crippen molar-refractivity contribution < 1.29 is 19.5 Å². The Bertz CT molecular complexity index is 891. The number of phenols is 1. The van der Waals surface area contributed by atoms with Crippen LogP contribution in [0.1, 0.15) is 213 Å². The molecule has 4 nitrogen and oxygen atoms in total. The van der Waals surface area contributed by atoms with E-state index in [1.807, 2.05) is 12.1 Å². The molecule has 0 unspecified atom stereocenters. The van der Waals surface area contributed by atoms with Gasteiger partial charge in [-0.1, -0.05) is 196 Å². The number of aromatic hydroxyl groups is 1. The van der Waals surface area contributed by atoms with E-state index in [1.54, 1.807) is 0 Å². The van der Waals surface area contributed by atoms with Crippen molar-refractivity contribution >= 4 is 7.60 Å². The molecule has 0 aromatic heterocycles. The van der Waals surface area contributed by atoms with Gasteiger partial charge in [-0.15, -0.1) is 0 Å². The largest absolute Gasteiger partial charge is 0.507 e. The summed E-state index contributed by atoms with van der Waals surface area (Å²) < 4.78 is 13.7. The molecule has 1 rings (SSSR count). The standard InChI is InChI=1S/C39H73O4P/c1-9-11-13-15-17-19-21-23-25-27-29-39(44(41,42)43,30-28-26-24-22-20-18-16-14-12-10-2)33-31-34(37(3,4)5)36(40)35(32-33)38(6,7)8/h31-32,40H,9-30H2,1-8H3,(H2,41,42,43). The van der Waals surface area contributed by atoms with Gasteiger partial charge >= 0.3 is 7.60 Å². The summed E-state index contributed by atoms with van der Waals surface area (Å²) in [6.45, 7) is 16.9. The Balaban J connectivity index is 3.17. The quantitative estimate of drug-likeness (QED) is 0.0779. The minimum absolute atomic E-state index is 0.270. The molecule has 0 bridgehead atoms. The molecule has 0 aliphatic heterocycles. The molecule has 1 aromatic rings. The minimum atomic E-state index is -4.52. The molecule has 0 spiro atoms. The molecule has 3 N–H and O–H groups in total. The van der Waals surface area contributed by atoms with Gasteiger partial charge in [0.1, 0.15) is 5.75 Å². The van der Waals surface area contributed by atoms with Gasteiger partial charge in [0.05, 0.1) is 5.16 Å². The first-order valence-electron chi connectivity index (χ1n) is 18.6. The highest BCUT2D eigenvalue weighted by Crippen LogP contribution is 2.63. The van der Waals surface area contributed by atoms with Crippen LogP contribution >= 0.6 is 7.60 Å². The molecule has 0 fully saturated rings. The Morgan fingerprint density at radius 2 is 0.795 bits per heavy atom. The Labute approximate surface area is 273 Å². The van der Waals surface area contributed by atoms with Crippen LogP contribution in [0.4, 0.5) is 0 Å². The third kappa shape index (κ3) is 14.3. The maximum atomic E-state index is 13.7. The first-order valence-corrected chi connectivity index (χ1v) is 20.2. The van der Waals surface area contributed by atoms with Gasteiger partial charge in [-0.25, -0.2) is 0 Å². The molecule has 258 valence electrons. The smallest absolute Gasteiger partial charge is 0.335 e. The number of hydrogen-bond donors (Lipinski definition) is 3. The van der Waals surface area contributed by atoms with Crippen molar-refractivity contribution in [1.82, 2.24) is 0 Å². The molecule has 0 aliphatic carbocycles. The van der Waals surface area contributed by atoms with Gasteiger partial charge in [0.25, 0.3) is 0 Å². The Morgan fingerprint density at radius 1 is 0.523 bits per heavy atom. The summed E-state index contributed by atoms with van der Waals surface area (Å²) in [6.07, 6.45) is 24.9. The molecule has 0 atom stereocenters. The van der Waals surface area contributed by atoms with Crippen LogP contribution in [0.2, 0.25) is 0 Å². The number of rotatable bonds is 24. The van der Waals surface area contributed by atoms with Gasteiger partial charge in [-0.05, 0) is 40.4 Å². The Kier molecular flexibility index (Phi) is 19.1. The van der Waals surface area contributed by atoms with E-state index in [1.165, 1.54) is 89.9 Å². The summed E-state index contributed by atoms with van der Waals surface area (Å²) in [4.78, 5) is 22.3. The molecule has 0 saturated carbocycles. The Hall–Kier alpha value is -0.830. The predicted molar refractivity (Wildman–Crippen MR) is 192 cm³/mol. The second-order valence-electron chi connectivity index (χ2n) is 15.9. The summed E-state index contributed by atoms with van der Waals surface area (Å²) in [7, 11) is -4.52. The van der Waals surface area contributed by atoms with Crippen molar-refractivity contribution in [2.24, 2.45) is 0 Å². The molecular formula is C39H73O4P. The third-order valence-corrected chi connectivity index (χ3v) is 11.5. The van der Waals surface area contributed by atoms with Crippen LogP contribution < -0.4 is 0 Å². The average molecular weight is 637 g/mol. The second-order valence-corrected chi connectivity index (χ2v) is 17.8. The lowest BCUT2D eigenvalue weighted by Crippen LogP contribution is -2.29. The van der Waals surface area contributed by atoms with Gasteiger partial charge in [-0.3, -0.25) is 4.57 Å². The SMILES string of the molecule is CCCCCCCCCCCCC(CCCCCCCCCCCC)(c1cc(C(C)(C)C)c(O)c(C(C)(C)C)c1)P(=O)(O)O. The number of phenolic OH excluding ortho intramolecular Hbond substituents is 1. The zero-order valence-corrected chi connectivity index (χ0v) is 31.3. The van der Waals surface area contributed by atoms with Crippen molar-refractivity contribution in [2.45, 2.75) is 213 Å². The van der Waals surface area contributed by atoms with E-state index in [4.69, 9.17) is 0 Å². The number of benzene rings is 1. The average Bonchev–Trinajstić information content (AvgIpc) is 2.92. The van der Waals surface area contributed by atoms with Crippen LogP contribution in [0.25, 0.3) is 0 Å². The zero-order valence-electron chi connectivity index (χ0n) is 30.4. The maximum Gasteiger partial charge on any atom is 0.335 e. The van der Waals surface area contributed by atoms with Crippen LogP contribution in [-0.4, -0.2) is 14.9 Å². The fourth-order valence-electron chi connectivity index (χ4n) is 6.73. The molecule has 0 saturated heterocycles. The maximum absolute atomic E-state index is 13.7. The van der Waals surface area contributed by atoms with Gasteiger partial charge in [-0.2, -0.15) is 0 Å². The monoisotopic (exact) mass is 637 g/mol. The van der Waals surface area contributed by atoms with Crippen molar-refractivity contribution in [3.63, 3.8) is 0 Å². The van der Waals surface area contributed by atoms with Crippen LogP contribution in [0.5, 0.6) is 5.75 Å². The lowest BCUT2D eigenvalue weighted by molar-refractivity contribution is 0.296. The van der Waals surface area contributed by atoms with E-state index < -0.39 is 12.8 Å². The summed E-state index contributed by atoms with van der Waals surface area (Å²) in [5.41, 5.74) is 1.59. The molecule has 0 heterocycles. The van der Waals surface area contributed by atoms with Crippen molar-refractivity contribution in [3.8, 4) is 5.75 Å². The fraction of sp³-hybridized carbons (Fsp3) is 0.846. The first kappa shape index (κ1) is 41.2. The lowest BCUT2D eigenvalue weighted by atomic mass is 9.75. The first-order chi connectivity index (χ1) is 20.6. The fourth-order valence-corrected chi connectivity index (χ4v) is 8.09. The number of hydrogen-bond acceptors (Lipinski definition) is 2. The van der Waals surface area contributed by atoms with Crippen LogP contribution in [0, 0.1) is 0 Å². The van der Waals surface area contributed by atoms with E-state index in [0.717, 1.165) is 55.2 Å². The highest BCUT2D eigenvalue weighted by molar-refractivity contribution is 7.53. The van der Waals surface area contributed by atoms with E-state index in [2.05, 4.69) is 55.4 Å². The van der Waals surface area contributed by atoms with E-state index in [-0.39, 0.29) is 16.6 Å². The molecule has 0 aliphatic rings. The molecule has 0 amide bonds. The van der Waals surface area contributed by atoms with Crippen LogP contribution in [-0.2, 0) is 20.6 Å². The summed E-state index contributed by atoms with van der Waals surface area (Å²) in [5, 5.41) is 10.2. The van der Waals surface area contributed by atoms with Crippen LogP contribution in [0.3, 0.4) is 0 Å².